The van der Waals surface area contributed by atoms with E-state index in [0.717, 1.165) is 37.1 Å². The molecule has 2 N–H and O–H groups in total. The first kappa shape index (κ1) is 20.8. The topological polar surface area (TPSA) is 24.1 Å². The van der Waals surface area contributed by atoms with Crippen LogP contribution < -0.4 is 10.6 Å². The van der Waals surface area contributed by atoms with E-state index in [1.807, 2.05) is 0 Å². The second-order valence-electron chi connectivity index (χ2n) is 6.92. The fourth-order valence-electron chi connectivity index (χ4n) is 3.50. The summed E-state index contributed by atoms with van der Waals surface area (Å²) in [5, 5.41) is 7.16. The van der Waals surface area contributed by atoms with Crippen LogP contribution in [0.15, 0.2) is 60.4 Å². The molecule has 0 spiro atoms. The number of aryl methyl sites for hydroxylation is 4. The Morgan fingerprint density at radius 3 is 1.48 bits per heavy atom. The molecule has 144 valence electrons. The Morgan fingerprint density at radius 2 is 1.11 bits per heavy atom. The van der Waals surface area contributed by atoms with Crippen LogP contribution in [0.25, 0.3) is 0 Å². The van der Waals surface area contributed by atoms with Crippen LogP contribution in [0.1, 0.15) is 56.9 Å². The van der Waals surface area contributed by atoms with Gasteiger partial charge in [0.25, 0.3) is 0 Å². The Balaban J connectivity index is 2.22. The Kier molecular flexibility index (Phi) is 7.72. The predicted molar refractivity (Wildman–Crippen MR) is 121 cm³/mol. The van der Waals surface area contributed by atoms with Gasteiger partial charge in [0.1, 0.15) is 0 Å². The molecule has 0 aromatic heterocycles. The monoisotopic (exact) mass is 362 g/mol. The summed E-state index contributed by atoms with van der Waals surface area (Å²) in [6.07, 6.45) is 6.15. The first-order valence-corrected chi connectivity index (χ1v) is 10.2. The van der Waals surface area contributed by atoms with Crippen molar-refractivity contribution in [3.63, 3.8) is 0 Å². The summed E-state index contributed by atoms with van der Waals surface area (Å²) in [4.78, 5) is 0. The second-order valence-corrected chi connectivity index (χ2v) is 6.92. The molecule has 2 aromatic carbocycles. The lowest BCUT2D eigenvalue weighted by Crippen LogP contribution is -2.06. The van der Waals surface area contributed by atoms with Crippen LogP contribution in [0.3, 0.4) is 0 Å². The standard InChI is InChI=1S/C25H34N2/c1-7-20-13-11-14-21(8-2)24(20)26-18(5)17-19(6)27-25-22(9-3)15-12-16-23(25)10-4/h11-17,26-27H,5,7-10H2,1-4,6H3/b19-17+. The number of rotatable bonds is 9. The van der Waals surface area contributed by atoms with Crippen molar-refractivity contribution < 1.29 is 0 Å². The summed E-state index contributed by atoms with van der Waals surface area (Å²) in [5.74, 6) is 0. The average Bonchev–Trinajstić information content (AvgIpc) is 2.67. The lowest BCUT2D eigenvalue weighted by Gasteiger charge is -2.18. The number of anilines is 2. The summed E-state index contributed by atoms with van der Waals surface area (Å²) < 4.78 is 0. The zero-order valence-corrected chi connectivity index (χ0v) is 17.6. The van der Waals surface area contributed by atoms with Crippen molar-refractivity contribution in [1.82, 2.24) is 0 Å². The van der Waals surface area contributed by atoms with E-state index in [2.05, 4.69) is 94.3 Å². The van der Waals surface area contributed by atoms with Crippen molar-refractivity contribution in [2.24, 2.45) is 0 Å². The first-order valence-electron chi connectivity index (χ1n) is 10.2. The molecule has 0 saturated carbocycles. The number of para-hydroxylation sites is 2. The maximum atomic E-state index is 4.24. The van der Waals surface area contributed by atoms with E-state index in [1.165, 1.54) is 33.6 Å². The molecule has 0 saturated heterocycles. The molecular formula is C25H34N2. The van der Waals surface area contributed by atoms with E-state index >= 15 is 0 Å². The molecule has 2 rings (SSSR count). The molecule has 0 atom stereocenters. The lowest BCUT2D eigenvalue weighted by atomic mass is 10.0. The SMILES string of the molecule is C=C(/C=C(\C)Nc1c(CC)cccc1CC)Nc1c(CC)cccc1CC. The Bertz CT molecular complexity index is 771. The van der Waals surface area contributed by atoms with Gasteiger partial charge in [0.2, 0.25) is 0 Å². The van der Waals surface area contributed by atoms with Crippen LogP contribution in [-0.4, -0.2) is 0 Å². The van der Waals surface area contributed by atoms with E-state index in [0.29, 0.717) is 0 Å². The number of nitrogens with one attached hydrogen (secondary N) is 2. The van der Waals surface area contributed by atoms with Gasteiger partial charge in [-0.3, -0.25) is 0 Å². The molecule has 27 heavy (non-hydrogen) atoms. The number of benzene rings is 2. The summed E-state index contributed by atoms with van der Waals surface area (Å²) in [7, 11) is 0. The van der Waals surface area contributed by atoms with Gasteiger partial charge in [-0.05, 0) is 60.9 Å². The maximum Gasteiger partial charge on any atom is 0.0448 e. The molecule has 0 fully saturated rings. The van der Waals surface area contributed by atoms with Gasteiger partial charge < -0.3 is 10.6 Å². The predicted octanol–water partition coefficient (Wildman–Crippen LogP) is 6.88. The number of hydrogen-bond acceptors (Lipinski definition) is 2. The van der Waals surface area contributed by atoms with Gasteiger partial charge in [-0.25, -0.2) is 0 Å². The fourth-order valence-corrected chi connectivity index (χ4v) is 3.50. The van der Waals surface area contributed by atoms with E-state index in [9.17, 15) is 0 Å². The molecule has 2 heteroatoms. The van der Waals surface area contributed by atoms with Crippen LogP contribution in [0.4, 0.5) is 11.4 Å². The minimum absolute atomic E-state index is 0.905. The molecule has 0 aliphatic rings. The third-order valence-electron chi connectivity index (χ3n) is 5.00. The van der Waals surface area contributed by atoms with E-state index < -0.39 is 0 Å². The molecule has 2 aromatic rings. The van der Waals surface area contributed by atoms with Gasteiger partial charge in [-0.1, -0.05) is 70.7 Å². The maximum absolute atomic E-state index is 4.24. The zero-order valence-electron chi connectivity index (χ0n) is 17.6. The average molecular weight is 363 g/mol. The molecular weight excluding hydrogens is 328 g/mol. The molecule has 0 aliphatic heterocycles. The smallest absolute Gasteiger partial charge is 0.0448 e. The van der Waals surface area contributed by atoms with Crippen LogP contribution >= 0.6 is 0 Å². The van der Waals surface area contributed by atoms with Crippen molar-refractivity contribution in [3.8, 4) is 0 Å². The molecule has 0 aliphatic carbocycles. The van der Waals surface area contributed by atoms with Gasteiger partial charge in [-0.2, -0.15) is 0 Å². The summed E-state index contributed by atoms with van der Waals surface area (Å²) in [6, 6.07) is 13.1. The number of allylic oxidation sites excluding steroid dienone is 2. The van der Waals surface area contributed by atoms with Crippen molar-refractivity contribution in [1.29, 1.82) is 0 Å². The highest BCUT2D eigenvalue weighted by atomic mass is 14.9. The molecule has 0 radical (unpaired) electrons. The highest BCUT2D eigenvalue weighted by Crippen LogP contribution is 2.26. The Labute approximate surface area is 165 Å². The van der Waals surface area contributed by atoms with Gasteiger partial charge in [-0.15, -0.1) is 0 Å². The molecule has 0 bridgehead atoms. The summed E-state index contributed by atoms with van der Waals surface area (Å²) in [6.45, 7) is 15.1. The van der Waals surface area contributed by atoms with Crippen molar-refractivity contribution in [3.05, 3.63) is 82.7 Å². The molecule has 0 unspecified atom stereocenters. The third kappa shape index (κ3) is 5.26. The second kappa shape index (κ2) is 10.0. The van der Waals surface area contributed by atoms with Crippen molar-refractivity contribution >= 4 is 11.4 Å². The molecule has 0 heterocycles. The fraction of sp³-hybridized carbons (Fsp3) is 0.360. The van der Waals surface area contributed by atoms with Crippen molar-refractivity contribution in [2.45, 2.75) is 60.3 Å². The van der Waals surface area contributed by atoms with E-state index in [-0.39, 0.29) is 0 Å². The van der Waals surface area contributed by atoms with E-state index in [4.69, 9.17) is 0 Å². The Morgan fingerprint density at radius 1 is 0.741 bits per heavy atom. The van der Waals surface area contributed by atoms with E-state index in [1.54, 1.807) is 0 Å². The summed E-state index contributed by atoms with van der Waals surface area (Å²) >= 11 is 0. The van der Waals surface area contributed by atoms with Crippen molar-refractivity contribution in [2.75, 3.05) is 10.6 Å². The van der Waals surface area contributed by atoms with Crippen LogP contribution in [0.2, 0.25) is 0 Å². The lowest BCUT2D eigenvalue weighted by molar-refractivity contribution is 1.08. The van der Waals surface area contributed by atoms with Crippen LogP contribution in [-0.2, 0) is 25.7 Å². The quantitative estimate of drug-likeness (QED) is 0.475. The minimum Gasteiger partial charge on any atom is -0.359 e. The highest BCUT2D eigenvalue weighted by Gasteiger charge is 2.08. The minimum atomic E-state index is 0.905. The number of hydrogen-bond donors (Lipinski definition) is 2. The normalized spacial score (nSPS) is 11.4. The van der Waals surface area contributed by atoms with Crippen LogP contribution in [0.5, 0.6) is 0 Å². The molecule has 0 amide bonds. The van der Waals surface area contributed by atoms with Gasteiger partial charge in [0.15, 0.2) is 0 Å². The van der Waals surface area contributed by atoms with Gasteiger partial charge in [0.05, 0.1) is 0 Å². The first-order chi connectivity index (χ1) is 13.0. The largest absolute Gasteiger partial charge is 0.359 e. The van der Waals surface area contributed by atoms with Gasteiger partial charge in [0, 0.05) is 22.8 Å². The highest BCUT2D eigenvalue weighted by molar-refractivity contribution is 5.64. The summed E-state index contributed by atoms with van der Waals surface area (Å²) in [5.41, 5.74) is 9.82. The zero-order chi connectivity index (χ0) is 19.8. The van der Waals surface area contributed by atoms with Crippen LogP contribution in [0, 0.1) is 0 Å². The van der Waals surface area contributed by atoms with Gasteiger partial charge >= 0.3 is 0 Å². The Hall–Kier alpha value is -2.48. The third-order valence-corrected chi connectivity index (χ3v) is 5.00. The molecule has 2 nitrogen and oxygen atoms in total.